The second kappa shape index (κ2) is 8.11. The van der Waals surface area contributed by atoms with E-state index in [4.69, 9.17) is 4.74 Å². The first-order valence-electron chi connectivity index (χ1n) is 9.55. The summed E-state index contributed by atoms with van der Waals surface area (Å²) < 4.78 is 18.2. The first-order chi connectivity index (χ1) is 14.5. The second-order valence-corrected chi connectivity index (χ2v) is 7.08. The van der Waals surface area contributed by atoms with Gasteiger partial charge in [-0.05, 0) is 48.5 Å². The minimum absolute atomic E-state index is 0.0489. The van der Waals surface area contributed by atoms with E-state index in [1.807, 2.05) is 4.90 Å². The lowest BCUT2D eigenvalue weighted by Crippen LogP contribution is -2.51. The van der Waals surface area contributed by atoms with Gasteiger partial charge in [0.2, 0.25) is 0 Å². The number of rotatable bonds is 5. The quantitative estimate of drug-likeness (QED) is 0.552. The molecule has 2 aliphatic heterocycles. The van der Waals surface area contributed by atoms with Crippen molar-refractivity contribution in [3.8, 4) is 5.75 Å². The van der Waals surface area contributed by atoms with E-state index in [0.29, 0.717) is 37.6 Å². The molecule has 156 valence electrons. The van der Waals surface area contributed by atoms with Crippen LogP contribution in [0.4, 0.5) is 20.6 Å². The van der Waals surface area contributed by atoms with E-state index in [1.165, 1.54) is 19.2 Å². The number of benzene rings is 2. The number of hydrogen-bond donors (Lipinski definition) is 0. The van der Waals surface area contributed by atoms with Gasteiger partial charge in [0.1, 0.15) is 11.6 Å². The molecule has 2 aliphatic rings. The predicted molar refractivity (Wildman–Crippen MR) is 108 cm³/mol. The standard InChI is InChI=1S/C21H21FN4O4/c1-30-18-8-6-17(7-9-18)26-20(28)19(27)25(21(26)29)14-23-10-12-24(13-11-23)16-4-2-15(22)3-5-16/h2-9H,10-14H2,1H3. The molecule has 0 radical (unpaired) electrons. The van der Waals surface area contributed by atoms with Gasteiger partial charge in [-0.1, -0.05) is 0 Å². The van der Waals surface area contributed by atoms with Crippen LogP contribution in [0.2, 0.25) is 0 Å². The van der Waals surface area contributed by atoms with Crippen molar-refractivity contribution in [3.05, 3.63) is 54.3 Å². The van der Waals surface area contributed by atoms with Crippen LogP contribution in [0, 0.1) is 5.82 Å². The molecule has 0 aromatic heterocycles. The van der Waals surface area contributed by atoms with E-state index >= 15 is 0 Å². The summed E-state index contributed by atoms with van der Waals surface area (Å²) in [6.07, 6.45) is 0. The Morgan fingerprint density at radius 2 is 1.43 bits per heavy atom. The van der Waals surface area contributed by atoms with Crippen LogP contribution < -0.4 is 14.5 Å². The van der Waals surface area contributed by atoms with Crippen LogP contribution in [0.15, 0.2) is 48.5 Å². The first kappa shape index (κ1) is 19.8. The van der Waals surface area contributed by atoms with Crippen molar-refractivity contribution >= 4 is 29.2 Å². The van der Waals surface area contributed by atoms with E-state index in [1.54, 1.807) is 36.4 Å². The van der Waals surface area contributed by atoms with E-state index in [-0.39, 0.29) is 12.5 Å². The molecule has 0 bridgehead atoms. The lowest BCUT2D eigenvalue weighted by Gasteiger charge is -2.37. The molecule has 2 fully saturated rings. The van der Waals surface area contributed by atoms with Gasteiger partial charge in [-0.3, -0.25) is 14.5 Å². The smallest absolute Gasteiger partial charge is 0.340 e. The molecule has 8 nitrogen and oxygen atoms in total. The lowest BCUT2D eigenvalue weighted by atomic mass is 10.2. The Labute approximate surface area is 173 Å². The van der Waals surface area contributed by atoms with Crippen molar-refractivity contribution in [2.24, 2.45) is 0 Å². The van der Waals surface area contributed by atoms with Gasteiger partial charge < -0.3 is 9.64 Å². The monoisotopic (exact) mass is 412 g/mol. The number of imide groups is 2. The fraction of sp³-hybridized carbons (Fsp3) is 0.286. The summed E-state index contributed by atoms with van der Waals surface area (Å²) >= 11 is 0. The largest absolute Gasteiger partial charge is 0.497 e. The van der Waals surface area contributed by atoms with E-state index in [0.717, 1.165) is 15.5 Å². The maximum Gasteiger partial charge on any atom is 0.340 e. The third-order valence-corrected chi connectivity index (χ3v) is 5.29. The molecule has 9 heteroatoms. The summed E-state index contributed by atoms with van der Waals surface area (Å²) in [6, 6.07) is 12.0. The van der Waals surface area contributed by atoms with Gasteiger partial charge in [0.25, 0.3) is 0 Å². The van der Waals surface area contributed by atoms with Crippen LogP contribution in [0.3, 0.4) is 0 Å². The summed E-state index contributed by atoms with van der Waals surface area (Å²) in [7, 11) is 1.52. The average Bonchev–Trinajstić information content (AvgIpc) is 2.98. The normalized spacial score (nSPS) is 17.8. The molecule has 0 spiro atoms. The number of carbonyl (C=O) groups is 3. The number of anilines is 2. The molecule has 30 heavy (non-hydrogen) atoms. The van der Waals surface area contributed by atoms with Crippen molar-refractivity contribution in [1.29, 1.82) is 0 Å². The number of ether oxygens (including phenoxy) is 1. The molecule has 2 aromatic carbocycles. The zero-order valence-corrected chi connectivity index (χ0v) is 16.5. The molecule has 4 rings (SSSR count). The van der Waals surface area contributed by atoms with Gasteiger partial charge in [0.05, 0.1) is 19.5 Å². The van der Waals surface area contributed by atoms with Crippen LogP contribution in [-0.4, -0.2) is 67.6 Å². The number of carbonyl (C=O) groups excluding carboxylic acids is 3. The Bertz CT molecular complexity index is 956. The minimum atomic E-state index is -0.866. The number of hydrogen-bond acceptors (Lipinski definition) is 6. The molecule has 2 heterocycles. The topological polar surface area (TPSA) is 73.4 Å². The first-order valence-corrected chi connectivity index (χ1v) is 9.55. The highest BCUT2D eigenvalue weighted by Gasteiger charge is 2.46. The molecule has 0 atom stereocenters. The maximum atomic E-state index is 13.1. The summed E-state index contributed by atoms with van der Waals surface area (Å²) in [5.41, 5.74) is 1.24. The molecule has 0 unspecified atom stereocenters. The van der Waals surface area contributed by atoms with Gasteiger partial charge in [0.15, 0.2) is 0 Å². The zero-order chi connectivity index (χ0) is 21.3. The maximum absolute atomic E-state index is 13.1. The van der Waals surface area contributed by atoms with Crippen molar-refractivity contribution in [1.82, 2.24) is 9.80 Å². The molecule has 2 aromatic rings. The minimum Gasteiger partial charge on any atom is -0.497 e. The van der Waals surface area contributed by atoms with E-state index in [9.17, 15) is 18.8 Å². The zero-order valence-electron chi connectivity index (χ0n) is 16.5. The highest BCUT2D eigenvalue weighted by Crippen LogP contribution is 2.25. The van der Waals surface area contributed by atoms with E-state index in [2.05, 4.69) is 4.90 Å². The highest BCUT2D eigenvalue weighted by atomic mass is 19.1. The third kappa shape index (κ3) is 3.71. The summed E-state index contributed by atoms with van der Waals surface area (Å²) in [4.78, 5) is 43.5. The molecule has 4 amide bonds. The van der Waals surface area contributed by atoms with Crippen LogP contribution in [0.1, 0.15) is 0 Å². The van der Waals surface area contributed by atoms with Crippen molar-refractivity contribution in [2.75, 3.05) is 49.8 Å². The third-order valence-electron chi connectivity index (χ3n) is 5.29. The number of methoxy groups -OCH3 is 1. The number of halogens is 1. The highest BCUT2D eigenvalue weighted by molar-refractivity contribution is 6.52. The van der Waals surface area contributed by atoms with Crippen molar-refractivity contribution in [2.45, 2.75) is 0 Å². The molecule has 0 aliphatic carbocycles. The molecule has 0 saturated carbocycles. The lowest BCUT2D eigenvalue weighted by molar-refractivity contribution is -0.140. The van der Waals surface area contributed by atoms with Gasteiger partial charge in [0, 0.05) is 31.9 Å². The summed E-state index contributed by atoms with van der Waals surface area (Å²) in [5.74, 6) is -1.40. The molecular formula is C21H21FN4O4. The second-order valence-electron chi connectivity index (χ2n) is 7.08. The number of piperazine rings is 1. The van der Waals surface area contributed by atoms with Gasteiger partial charge in [-0.25, -0.2) is 19.0 Å². The number of nitrogens with zero attached hydrogens (tertiary/aromatic N) is 4. The fourth-order valence-electron chi connectivity index (χ4n) is 3.59. The Hall–Kier alpha value is -3.46. The Morgan fingerprint density at radius 1 is 0.833 bits per heavy atom. The summed E-state index contributed by atoms with van der Waals surface area (Å²) in [6.45, 7) is 2.58. The fourth-order valence-corrected chi connectivity index (χ4v) is 3.59. The summed E-state index contributed by atoms with van der Waals surface area (Å²) in [5, 5.41) is 0. The van der Waals surface area contributed by atoms with Gasteiger partial charge in [-0.2, -0.15) is 0 Å². The number of urea groups is 1. The van der Waals surface area contributed by atoms with Crippen molar-refractivity contribution < 1.29 is 23.5 Å². The Kier molecular flexibility index (Phi) is 5.37. The molecule has 0 N–H and O–H groups in total. The van der Waals surface area contributed by atoms with Crippen LogP contribution >= 0.6 is 0 Å². The number of amides is 4. The Balaban J connectivity index is 1.40. The predicted octanol–water partition coefficient (Wildman–Crippen LogP) is 1.91. The molecule has 2 saturated heterocycles. The van der Waals surface area contributed by atoms with Gasteiger partial charge >= 0.3 is 17.8 Å². The SMILES string of the molecule is COc1ccc(N2C(=O)C(=O)N(CN3CCN(c4ccc(F)cc4)CC3)C2=O)cc1. The van der Waals surface area contributed by atoms with Crippen LogP contribution in [-0.2, 0) is 9.59 Å². The molecular weight excluding hydrogens is 391 g/mol. The average molecular weight is 412 g/mol. The van der Waals surface area contributed by atoms with Crippen LogP contribution in [0.5, 0.6) is 5.75 Å². The van der Waals surface area contributed by atoms with Crippen molar-refractivity contribution in [3.63, 3.8) is 0 Å². The van der Waals surface area contributed by atoms with Crippen LogP contribution in [0.25, 0.3) is 0 Å². The Morgan fingerprint density at radius 3 is 2.03 bits per heavy atom. The van der Waals surface area contributed by atoms with E-state index < -0.39 is 17.8 Å². The van der Waals surface area contributed by atoms with Gasteiger partial charge in [-0.15, -0.1) is 0 Å².